The van der Waals surface area contributed by atoms with E-state index in [4.69, 9.17) is 5.11 Å². The fourth-order valence-electron chi connectivity index (χ4n) is 1.66. The maximum absolute atomic E-state index is 11.5. The molecule has 72 valence electrons. The smallest absolute Gasteiger partial charge is 0.328 e. The Kier molecular flexibility index (Phi) is 1.68. The summed E-state index contributed by atoms with van der Waals surface area (Å²) in [5.41, 5.74) is 0. The quantitative estimate of drug-likeness (QED) is 0.655. The third kappa shape index (κ3) is 1.24. The van der Waals surface area contributed by atoms with Crippen LogP contribution < -0.4 is 0 Å². The molecule has 0 aromatic carbocycles. The molecule has 1 saturated carbocycles. The Morgan fingerprint density at radius 1 is 1.54 bits per heavy atom. The number of urea groups is 1. The summed E-state index contributed by atoms with van der Waals surface area (Å²) in [6.45, 7) is 0.343. The van der Waals surface area contributed by atoms with E-state index in [1.165, 1.54) is 4.90 Å². The molecular weight excluding hydrogens is 172 g/mol. The van der Waals surface area contributed by atoms with Gasteiger partial charge in [0.2, 0.25) is 0 Å². The van der Waals surface area contributed by atoms with Crippen LogP contribution in [0, 0.1) is 0 Å². The van der Waals surface area contributed by atoms with E-state index in [2.05, 4.69) is 0 Å². The van der Waals surface area contributed by atoms with Crippen molar-refractivity contribution in [1.29, 1.82) is 0 Å². The first-order valence-electron chi connectivity index (χ1n) is 4.37. The number of hydrogen-bond acceptors (Lipinski definition) is 2. The number of rotatable bonds is 2. The Morgan fingerprint density at radius 3 is 2.54 bits per heavy atom. The molecule has 0 aromatic rings. The zero-order valence-electron chi connectivity index (χ0n) is 7.43. The van der Waals surface area contributed by atoms with E-state index >= 15 is 0 Å². The van der Waals surface area contributed by atoms with Crippen molar-refractivity contribution in [2.45, 2.75) is 24.9 Å². The van der Waals surface area contributed by atoms with E-state index in [0.29, 0.717) is 12.6 Å². The van der Waals surface area contributed by atoms with Gasteiger partial charge >= 0.3 is 12.0 Å². The van der Waals surface area contributed by atoms with Crippen LogP contribution >= 0.6 is 0 Å². The predicted molar refractivity (Wildman–Crippen MR) is 44.3 cm³/mol. The Bertz CT molecular complexity index is 262. The molecule has 1 N–H and O–H groups in total. The summed E-state index contributed by atoms with van der Waals surface area (Å²) in [5.74, 6) is -0.918. The minimum atomic E-state index is -0.918. The average molecular weight is 184 g/mol. The molecule has 2 aliphatic rings. The number of aliphatic carboxylic acids is 1. The molecule has 2 rings (SSSR count). The molecule has 1 unspecified atom stereocenters. The van der Waals surface area contributed by atoms with Crippen LogP contribution in [-0.2, 0) is 4.79 Å². The normalized spacial score (nSPS) is 28.4. The van der Waals surface area contributed by atoms with Gasteiger partial charge in [0.05, 0.1) is 6.54 Å². The summed E-state index contributed by atoms with van der Waals surface area (Å²) < 4.78 is 0. The SMILES string of the molecule is CN1C(=O)N(C2CC2)CC1C(=O)O. The molecule has 1 saturated heterocycles. The van der Waals surface area contributed by atoms with Crippen molar-refractivity contribution in [3.05, 3.63) is 0 Å². The van der Waals surface area contributed by atoms with Gasteiger partial charge in [-0.15, -0.1) is 0 Å². The van der Waals surface area contributed by atoms with Gasteiger partial charge in [-0.1, -0.05) is 0 Å². The van der Waals surface area contributed by atoms with Crippen molar-refractivity contribution in [2.75, 3.05) is 13.6 Å². The number of carbonyl (C=O) groups excluding carboxylic acids is 1. The van der Waals surface area contributed by atoms with E-state index in [1.54, 1.807) is 11.9 Å². The molecule has 5 heteroatoms. The first-order chi connectivity index (χ1) is 6.11. The fourth-order valence-corrected chi connectivity index (χ4v) is 1.66. The number of hydrogen-bond donors (Lipinski definition) is 1. The molecule has 5 nitrogen and oxygen atoms in total. The maximum Gasteiger partial charge on any atom is 0.328 e. The summed E-state index contributed by atoms with van der Waals surface area (Å²) in [4.78, 5) is 25.2. The first kappa shape index (κ1) is 8.34. The highest BCUT2D eigenvalue weighted by molar-refractivity contribution is 5.86. The van der Waals surface area contributed by atoms with E-state index in [1.807, 2.05) is 0 Å². The lowest BCUT2D eigenvalue weighted by molar-refractivity contribution is -0.140. The lowest BCUT2D eigenvalue weighted by atomic mass is 10.3. The Hall–Kier alpha value is -1.26. The van der Waals surface area contributed by atoms with Crippen molar-refractivity contribution in [1.82, 2.24) is 9.80 Å². The average Bonchev–Trinajstić information content (AvgIpc) is 2.83. The summed E-state index contributed by atoms with van der Waals surface area (Å²) in [7, 11) is 1.55. The Labute approximate surface area is 75.9 Å². The molecule has 0 bridgehead atoms. The van der Waals surface area contributed by atoms with Crippen LogP contribution in [0.5, 0.6) is 0 Å². The van der Waals surface area contributed by atoms with Crippen molar-refractivity contribution in [2.24, 2.45) is 0 Å². The largest absolute Gasteiger partial charge is 0.480 e. The number of carboxylic acid groups (broad SMARTS) is 1. The van der Waals surface area contributed by atoms with E-state index in [0.717, 1.165) is 12.8 Å². The van der Waals surface area contributed by atoms with Gasteiger partial charge < -0.3 is 14.9 Å². The van der Waals surface area contributed by atoms with Crippen LogP contribution in [0.4, 0.5) is 4.79 Å². The Morgan fingerprint density at radius 2 is 2.15 bits per heavy atom. The highest BCUT2D eigenvalue weighted by Gasteiger charge is 2.45. The van der Waals surface area contributed by atoms with Crippen LogP contribution in [0.15, 0.2) is 0 Å². The minimum absolute atomic E-state index is 0.144. The van der Waals surface area contributed by atoms with Crippen molar-refractivity contribution in [3.63, 3.8) is 0 Å². The summed E-state index contributed by atoms with van der Waals surface area (Å²) in [6, 6.07) is -0.498. The number of carboxylic acids is 1. The second-order valence-corrected chi connectivity index (χ2v) is 3.63. The van der Waals surface area contributed by atoms with Crippen molar-refractivity contribution < 1.29 is 14.7 Å². The van der Waals surface area contributed by atoms with Crippen molar-refractivity contribution in [3.8, 4) is 0 Å². The summed E-state index contributed by atoms with van der Waals surface area (Å²) in [5, 5.41) is 8.80. The molecular formula is C8H12N2O3. The predicted octanol–water partition coefficient (Wildman–Crippen LogP) is -0.0306. The van der Waals surface area contributed by atoms with Gasteiger partial charge in [-0.25, -0.2) is 9.59 Å². The van der Waals surface area contributed by atoms with Crippen LogP contribution in [0.25, 0.3) is 0 Å². The van der Waals surface area contributed by atoms with Crippen LogP contribution in [-0.4, -0.2) is 52.6 Å². The molecule has 1 atom stereocenters. The number of carbonyl (C=O) groups is 2. The summed E-state index contributed by atoms with van der Waals surface area (Å²) in [6.07, 6.45) is 2.04. The zero-order chi connectivity index (χ0) is 9.59. The molecule has 1 aliphatic heterocycles. The van der Waals surface area contributed by atoms with Gasteiger partial charge in [-0.3, -0.25) is 0 Å². The fraction of sp³-hybridized carbons (Fsp3) is 0.750. The number of amides is 2. The van der Waals surface area contributed by atoms with Crippen LogP contribution in [0.1, 0.15) is 12.8 Å². The second kappa shape index (κ2) is 2.61. The van der Waals surface area contributed by atoms with Gasteiger partial charge in [-0.2, -0.15) is 0 Å². The standard InChI is InChI=1S/C8H12N2O3/c1-9-6(7(11)12)4-10(8(9)13)5-2-3-5/h5-6H,2-4H2,1H3,(H,11,12). The summed E-state index contributed by atoms with van der Waals surface area (Å²) >= 11 is 0. The number of nitrogens with zero attached hydrogens (tertiary/aromatic N) is 2. The van der Waals surface area contributed by atoms with Crippen molar-refractivity contribution >= 4 is 12.0 Å². The minimum Gasteiger partial charge on any atom is -0.480 e. The van der Waals surface area contributed by atoms with Gasteiger partial charge in [0, 0.05) is 13.1 Å². The topological polar surface area (TPSA) is 60.9 Å². The Balaban J connectivity index is 2.11. The first-order valence-corrected chi connectivity index (χ1v) is 4.37. The molecule has 0 radical (unpaired) electrons. The molecule has 13 heavy (non-hydrogen) atoms. The monoisotopic (exact) mass is 184 g/mol. The molecule has 0 aromatic heterocycles. The van der Waals surface area contributed by atoms with Gasteiger partial charge in [0.25, 0.3) is 0 Å². The van der Waals surface area contributed by atoms with Gasteiger partial charge in [-0.05, 0) is 12.8 Å². The third-order valence-corrected chi connectivity index (χ3v) is 2.66. The van der Waals surface area contributed by atoms with E-state index < -0.39 is 12.0 Å². The highest BCUT2D eigenvalue weighted by Crippen LogP contribution is 2.31. The van der Waals surface area contributed by atoms with Crippen LogP contribution in [0.2, 0.25) is 0 Å². The maximum atomic E-state index is 11.5. The molecule has 2 fully saturated rings. The van der Waals surface area contributed by atoms with Crippen LogP contribution in [0.3, 0.4) is 0 Å². The lowest BCUT2D eigenvalue weighted by Gasteiger charge is -2.14. The van der Waals surface area contributed by atoms with Gasteiger partial charge in [0.15, 0.2) is 0 Å². The van der Waals surface area contributed by atoms with E-state index in [9.17, 15) is 9.59 Å². The van der Waals surface area contributed by atoms with E-state index in [-0.39, 0.29) is 6.03 Å². The second-order valence-electron chi connectivity index (χ2n) is 3.63. The molecule has 1 heterocycles. The molecule has 0 spiro atoms. The third-order valence-electron chi connectivity index (χ3n) is 2.66. The zero-order valence-corrected chi connectivity index (χ0v) is 7.43. The number of likely N-dealkylation sites (N-methyl/N-ethyl adjacent to an activating group) is 1. The molecule has 2 amide bonds. The van der Waals surface area contributed by atoms with Gasteiger partial charge in [0.1, 0.15) is 6.04 Å². The molecule has 1 aliphatic carbocycles. The lowest BCUT2D eigenvalue weighted by Crippen LogP contribution is -2.36. The highest BCUT2D eigenvalue weighted by atomic mass is 16.4.